The number of hydrogen-bond donors (Lipinski definition) is 1. The van der Waals surface area contributed by atoms with Crippen molar-refractivity contribution in [3.63, 3.8) is 0 Å². The van der Waals surface area contributed by atoms with E-state index in [0.29, 0.717) is 23.5 Å². The molecule has 7 nitrogen and oxygen atoms in total. The van der Waals surface area contributed by atoms with Gasteiger partial charge in [-0.3, -0.25) is 14.3 Å². The molecule has 0 saturated heterocycles. The molecule has 1 N–H and O–H groups in total. The Bertz CT molecular complexity index is 1450. The van der Waals surface area contributed by atoms with Crippen molar-refractivity contribution in [2.45, 2.75) is 17.5 Å². The Kier molecular flexibility index (Phi) is 7.57. The van der Waals surface area contributed by atoms with Gasteiger partial charge in [0, 0.05) is 35.0 Å². The first-order valence-electron chi connectivity index (χ1n) is 11.7. The van der Waals surface area contributed by atoms with Gasteiger partial charge in [0.05, 0.1) is 13.7 Å². The molecule has 0 aliphatic rings. The molecule has 0 saturated carbocycles. The quantitative estimate of drug-likeness (QED) is 0.249. The SMILES string of the molecule is COc1ccc(NC(=O)c2ccc(CSc3nnc(-c4ccncc4)n3Cc3ccccc3)cc2)cc1. The molecule has 2 heterocycles. The van der Waals surface area contributed by atoms with Gasteiger partial charge in [-0.1, -0.05) is 54.2 Å². The van der Waals surface area contributed by atoms with Crippen molar-refractivity contribution in [2.75, 3.05) is 12.4 Å². The number of pyridine rings is 1. The largest absolute Gasteiger partial charge is 0.497 e. The summed E-state index contributed by atoms with van der Waals surface area (Å²) < 4.78 is 7.29. The van der Waals surface area contributed by atoms with E-state index in [2.05, 4.69) is 37.2 Å². The number of carbonyl (C=O) groups excluding carboxylic acids is 1. The van der Waals surface area contributed by atoms with Crippen LogP contribution in [0.1, 0.15) is 21.5 Å². The van der Waals surface area contributed by atoms with Crippen molar-refractivity contribution in [1.82, 2.24) is 19.7 Å². The Hall–Kier alpha value is -4.43. The number of nitrogens with one attached hydrogen (secondary N) is 1. The molecule has 3 aromatic carbocycles. The van der Waals surface area contributed by atoms with Crippen LogP contribution in [-0.2, 0) is 12.3 Å². The van der Waals surface area contributed by atoms with E-state index >= 15 is 0 Å². The summed E-state index contributed by atoms with van der Waals surface area (Å²) in [5, 5.41) is 12.7. The van der Waals surface area contributed by atoms with E-state index in [1.165, 1.54) is 5.56 Å². The number of rotatable bonds is 9. The number of hydrogen-bond acceptors (Lipinski definition) is 6. The second kappa shape index (κ2) is 11.5. The number of anilines is 1. The summed E-state index contributed by atoms with van der Waals surface area (Å²) in [4.78, 5) is 16.8. The number of methoxy groups -OCH3 is 1. The number of aromatic nitrogens is 4. The lowest BCUT2D eigenvalue weighted by molar-refractivity contribution is 0.102. The highest BCUT2D eigenvalue weighted by Crippen LogP contribution is 2.27. The van der Waals surface area contributed by atoms with E-state index in [4.69, 9.17) is 4.74 Å². The van der Waals surface area contributed by atoms with E-state index in [-0.39, 0.29) is 5.91 Å². The molecule has 0 unspecified atom stereocenters. The first-order chi connectivity index (χ1) is 18.2. The van der Waals surface area contributed by atoms with Crippen molar-refractivity contribution >= 4 is 23.4 Å². The van der Waals surface area contributed by atoms with Crippen LogP contribution in [0.3, 0.4) is 0 Å². The average Bonchev–Trinajstić information content (AvgIpc) is 3.35. The molecule has 0 aliphatic heterocycles. The molecule has 1 amide bonds. The lowest BCUT2D eigenvalue weighted by atomic mass is 10.1. The molecule has 0 atom stereocenters. The molecule has 0 aliphatic carbocycles. The minimum atomic E-state index is -0.158. The molecule has 2 aromatic heterocycles. The van der Waals surface area contributed by atoms with E-state index in [1.807, 2.05) is 78.9 Å². The molecular weight excluding hydrogens is 482 g/mol. The van der Waals surface area contributed by atoms with Gasteiger partial charge in [0.15, 0.2) is 11.0 Å². The molecule has 37 heavy (non-hydrogen) atoms. The number of thioether (sulfide) groups is 1. The molecule has 0 bridgehead atoms. The van der Waals surface area contributed by atoms with Crippen molar-refractivity contribution < 1.29 is 9.53 Å². The third-order valence-corrected chi connectivity index (χ3v) is 6.81. The maximum Gasteiger partial charge on any atom is 0.255 e. The van der Waals surface area contributed by atoms with Crippen LogP contribution >= 0.6 is 11.8 Å². The van der Waals surface area contributed by atoms with Crippen LogP contribution < -0.4 is 10.1 Å². The highest BCUT2D eigenvalue weighted by Gasteiger charge is 2.15. The van der Waals surface area contributed by atoms with Crippen molar-refractivity contribution in [3.8, 4) is 17.1 Å². The first kappa shape index (κ1) is 24.3. The van der Waals surface area contributed by atoms with Crippen LogP contribution in [0.4, 0.5) is 5.69 Å². The van der Waals surface area contributed by atoms with Crippen molar-refractivity contribution in [2.24, 2.45) is 0 Å². The highest BCUT2D eigenvalue weighted by molar-refractivity contribution is 7.98. The summed E-state index contributed by atoms with van der Waals surface area (Å²) in [7, 11) is 1.61. The van der Waals surface area contributed by atoms with E-state index in [0.717, 1.165) is 27.9 Å². The standard InChI is InChI=1S/C29H25N5O2S/c1-36-26-13-11-25(12-14-26)31-28(35)24-9-7-22(8-10-24)20-37-29-33-32-27(23-15-17-30-18-16-23)34(29)19-21-5-3-2-4-6-21/h2-18H,19-20H2,1H3,(H,31,35). The van der Waals surface area contributed by atoms with Crippen LogP contribution in [-0.4, -0.2) is 32.8 Å². The zero-order valence-electron chi connectivity index (χ0n) is 20.2. The second-order valence-electron chi connectivity index (χ2n) is 8.28. The van der Waals surface area contributed by atoms with Gasteiger partial charge in [0.2, 0.25) is 0 Å². The molecule has 5 aromatic rings. The summed E-state index contributed by atoms with van der Waals surface area (Å²) in [6, 6.07) is 29.0. The molecule has 5 rings (SSSR count). The fourth-order valence-corrected chi connectivity index (χ4v) is 4.69. The van der Waals surface area contributed by atoms with E-state index in [1.54, 1.807) is 31.3 Å². The lowest BCUT2D eigenvalue weighted by Crippen LogP contribution is -2.11. The topological polar surface area (TPSA) is 81.9 Å². The van der Waals surface area contributed by atoms with Crippen LogP contribution in [0.15, 0.2) is 109 Å². The summed E-state index contributed by atoms with van der Waals surface area (Å²) >= 11 is 1.62. The van der Waals surface area contributed by atoms with Crippen LogP contribution in [0.2, 0.25) is 0 Å². The number of ether oxygens (including phenoxy) is 1. The van der Waals surface area contributed by atoms with Gasteiger partial charge >= 0.3 is 0 Å². The van der Waals surface area contributed by atoms with Gasteiger partial charge in [-0.2, -0.15) is 0 Å². The van der Waals surface area contributed by atoms with E-state index < -0.39 is 0 Å². The maximum absolute atomic E-state index is 12.6. The third kappa shape index (κ3) is 6.05. The zero-order chi connectivity index (χ0) is 25.5. The summed E-state index contributed by atoms with van der Waals surface area (Å²) in [5.41, 5.74) is 4.54. The lowest BCUT2D eigenvalue weighted by Gasteiger charge is -2.11. The third-order valence-electron chi connectivity index (χ3n) is 5.77. The minimum Gasteiger partial charge on any atom is -0.497 e. The summed E-state index contributed by atoms with van der Waals surface area (Å²) in [6.07, 6.45) is 3.52. The average molecular weight is 508 g/mol. The Morgan fingerprint density at radius 3 is 2.30 bits per heavy atom. The Balaban J connectivity index is 1.28. The Labute approximate surface area is 219 Å². The summed E-state index contributed by atoms with van der Waals surface area (Å²) in [6.45, 7) is 0.665. The van der Waals surface area contributed by atoms with Crippen LogP contribution in [0.5, 0.6) is 5.75 Å². The number of carbonyl (C=O) groups is 1. The maximum atomic E-state index is 12.6. The fraction of sp³-hybridized carbons (Fsp3) is 0.103. The van der Waals surface area contributed by atoms with Crippen molar-refractivity contribution in [3.05, 3.63) is 120 Å². The predicted octanol–water partition coefficient (Wildman–Crippen LogP) is 5.94. The fourth-order valence-electron chi connectivity index (χ4n) is 3.80. The molecule has 0 spiro atoms. The second-order valence-corrected chi connectivity index (χ2v) is 9.22. The van der Waals surface area contributed by atoms with Gasteiger partial charge in [0.25, 0.3) is 5.91 Å². The molecular formula is C29H25N5O2S. The molecule has 0 fully saturated rings. The minimum absolute atomic E-state index is 0.158. The Morgan fingerprint density at radius 2 is 1.59 bits per heavy atom. The van der Waals surface area contributed by atoms with Crippen molar-refractivity contribution in [1.29, 1.82) is 0 Å². The number of amides is 1. The highest BCUT2D eigenvalue weighted by atomic mass is 32.2. The number of benzene rings is 3. The van der Waals surface area contributed by atoms with Crippen LogP contribution in [0.25, 0.3) is 11.4 Å². The number of nitrogens with zero attached hydrogens (tertiary/aromatic N) is 4. The van der Waals surface area contributed by atoms with Crippen LogP contribution in [0, 0.1) is 0 Å². The van der Waals surface area contributed by atoms with Gasteiger partial charge in [0.1, 0.15) is 5.75 Å². The molecule has 8 heteroatoms. The normalized spacial score (nSPS) is 10.7. The Morgan fingerprint density at radius 1 is 0.865 bits per heavy atom. The monoisotopic (exact) mass is 507 g/mol. The summed E-state index contributed by atoms with van der Waals surface area (Å²) in [5.74, 6) is 2.09. The van der Waals surface area contributed by atoms with Gasteiger partial charge in [-0.25, -0.2) is 0 Å². The van der Waals surface area contributed by atoms with Gasteiger partial charge in [-0.05, 0) is 59.7 Å². The molecule has 0 radical (unpaired) electrons. The van der Waals surface area contributed by atoms with Gasteiger partial charge in [-0.15, -0.1) is 10.2 Å². The zero-order valence-corrected chi connectivity index (χ0v) is 21.1. The predicted molar refractivity (Wildman–Crippen MR) is 146 cm³/mol. The van der Waals surface area contributed by atoms with Gasteiger partial charge < -0.3 is 10.1 Å². The smallest absolute Gasteiger partial charge is 0.255 e. The van der Waals surface area contributed by atoms with E-state index in [9.17, 15) is 4.79 Å². The first-order valence-corrected chi connectivity index (χ1v) is 12.7. The molecule has 184 valence electrons.